The Bertz CT molecular complexity index is 764. The number of hydrogen-bond acceptors (Lipinski definition) is 3. The molecule has 0 aliphatic carbocycles. The summed E-state index contributed by atoms with van der Waals surface area (Å²) >= 11 is 0. The number of ketones is 1. The van der Waals surface area contributed by atoms with Crippen LogP contribution in [0, 0.1) is 5.82 Å². The highest BCUT2D eigenvalue weighted by Gasteiger charge is 2.07. The van der Waals surface area contributed by atoms with Crippen LogP contribution in [0.5, 0.6) is 0 Å². The Morgan fingerprint density at radius 3 is 2.00 bits per heavy atom. The second-order valence-electron chi connectivity index (χ2n) is 4.57. The van der Waals surface area contributed by atoms with Crippen molar-refractivity contribution in [1.82, 2.24) is 0 Å². The van der Waals surface area contributed by atoms with E-state index in [9.17, 15) is 18.8 Å². The van der Waals surface area contributed by atoms with Crippen LogP contribution in [0.15, 0.2) is 60.7 Å². The van der Waals surface area contributed by atoms with Crippen LogP contribution in [0.25, 0.3) is 0 Å². The van der Waals surface area contributed by atoms with E-state index in [2.05, 4.69) is 5.32 Å². The number of rotatable bonds is 5. The van der Waals surface area contributed by atoms with Gasteiger partial charge in [0, 0.05) is 22.9 Å². The maximum Gasteiger partial charge on any atom is 0.328 e. The zero-order valence-electron chi connectivity index (χ0n) is 11.8. The van der Waals surface area contributed by atoms with Gasteiger partial charge in [0.25, 0.3) is 5.91 Å². The molecule has 0 fully saturated rings. The van der Waals surface area contributed by atoms with Crippen molar-refractivity contribution in [2.45, 2.75) is 0 Å². The van der Waals surface area contributed by atoms with E-state index in [4.69, 9.17) is 5.11 Å². The van der Waals surface area contributed by atoms with E-state index in [-0.39, 0.29) is 0 Å². The summed E-state index contributed by atoms with van der Waals surface area (Å²) in [5.41, 5.74) is 1.05. The van der Waals surface area contributed by atoms with Crippen LogP contribution >= 0.6 is 0 Å². The zero-order valence-corrected chi connectivity index (χ0v) is 11.8. The molecule has 0 radical (unpaired) electrons. The lowest BCUT2D eigenvalue weighted by molar-refractivity contribution is -0.131. The van der Waals surface area contributed by atoms with Crippen molar-refractivity contribution in [2.75, 3.05) is 5.32 Å². The summed E-state index contributed by atoms with van der Waals surface area (Å²) in [6, 6.07) is 11.1. The standard InChI is InChI=1S/C17H12FNO4/c18-13-5-1-12(2-6-13)17(23)19-14-7-3-11(4-8-14)15(20)9-10-16(21)22/h1-10H,(H,19,23)(H,21,22). The van der Waals surface area contributed by atoms with Gasteiger partial charge in [0.15, 0.2) is 5.78 Å². The monoisotopic (exact) mass is 313 g/mol. The minimum atomic E-state index is -1.21. The molecule has 0 unspecified atom stereocenters. The summed E-state index contributed by atoms with van der Waals surface area (Å²) < 4.78 is 12.8. The van der Waals surface area contributed by atoms with E-state index in [0.717, 1.165) is 12.2 Å². The average Bonchev–Trinajstić information content (AvgIpc) is 2.54. The van der Waals surface area contributed by atoms with Crippen LogP contribution in [-0.2, 0) is 4.79 Å². The summed E-state index contributed by atoms with van der Waals surface area (Å²) in [4.78, 5) is 34.0. The summed E-state index contributed by atoms with van der Waals surface area (Å²) in [5, 5.41) is 11.1. The van der Waals surface area contributed by atoms with Gasteiger partial charge in [0.2, 0.25) is 0 Å². The summed E-state index contributed by atoms with van der Waals surface area (Å²) in [6.45, 7) is 0. The van der Waals surface area contributed by atoms with E-state index in [1.165, 1.54) is 48.5 Å². The molecule has 0 spiro atoms. The molecular weight excluding hydrogens is 301 g/mol. The molecule has 0 saturated carbocycles. The molecule has 0 aliphatic rings. The van der Waals surface area contributed by atoms with E-state index >= 15 is 0 Å². The molecule has 0 saturated heterocycles. The second kappa shape index (κ2) is 7.13. The fourth-order valence-corrected chi connectivity index (χ4v) is 1.77. The Morgan fingerprint density at radius 1 is 0.870 bits per heavy atom. The Morgan fingerprint density at radius 2 is 1.43 bits per heavy atom. The largest absolute Gasteiger partial charge is 0.478 e. The van der Waals surface area contributed by atoms with E-state index in [1.54, 1.807) is 0 Å². The Kier molecular flexibility index (Phi) is 4.99. The van der Waals surface area contributed by atoms with E-state index in [1.807, 2.05) is 0 Å². The quantitative estimate of drug-likeness (QED) is 0.656. The lowest BCUT2D eigenvalue weighted by Crippen LogP contribution is -2.11. The molecule has 0 aliphatic heterocycles. The molecule has 0 aromatic heterocycles. The highest BCUT2D eigenvalue weighted by molar-refractivity contribution is 6.07. The number of nitrogens with one attached hydrogen (secondary N) is 1. The molecule has 1 amide bonds. The molecule has 0 atom stereocenters. The maximum absolute atomic E-state index is 12.8. The van der Waals surface area contributed by atoms with Gasteiger partial charge >= 0.3 is 5.97 Å². The highest BCUT2D eigenvalue weighted by Crippen LogP contribution is 2.12. The molecular formula is C17H12FNO4. The van der Waals surface area contributed by atoms with Gasteiger partial charge in [-0.1, -0.05) is 0 Å². The lowest BCUT2D eigenvalue weighted by atomic mass is 10.1. The predicted molar refractivity (Wildman–Crippen MR) is 81.9 cm³/mol. The van der Waals surface area contributed by atoms with Crippen LogP contribution in [0.1, 0.15) is 20.7 Å². The lowest BCUT2D eigenvalue weighted by Gasteiger charge is -2.06. The Hall–Kier alpha value is -3.28. The van der Waals surface area contributed by atoms with Crippen LogP contribution in [0.4, 0.5) is 10.1 Å². The van der Waals surface area contributed by atoms with E-state index in [0.29, 0.717) is 16.8 Å². The first-order valence-corrected chi connectivity index (χ1v) is 6.58. The second-order valence-corrected chi connectivity index (χ2v) is 4.57. The first kappa shape index (κ1) is 16.1. The minimum absolute atomic E-state index is 0.294. The SMILES string of the molecule is O=C(O)C=CC(=O)c1ccc(NC(=O)c2ccc(F)cc2)cc1. The van der Waals surface area contributed by atoms with Crippen LogP contribution < -0.4 is 5.32 Å². The molecule has 2 rings (SSSR count). The smallest absolute Gasteiger partial charge is 0.328 e. The highest BCUT2D eigenvalue weighted by atomic mass is 19.1. The topological polar surface area (TPSA) is 83.5 Å². The first-order valence-electron chi connectivity index (χ1n) is 6.58. The Labute approximate surface area is 131 Å². The molecule has 0 bridgehead atoms. The number of amides is 1. The van der Waals surface area contributed by atoms with Crippen LogP contribution in [0.3, 0.4) is 0 Å². The molecule has 2 N–H and O–H groups in total. The maximum atomic E-state index is 12.8. The number of hydrogen-bond donors (Lipinski definition) is 2. The molecule has 23 heavy (non-hydrogen) atoms. The molecule has 6 heteroatoms. The third-order valence-electron chi connectivity index (χ3n) is 2.91. The van der Waals surface area contributed by atoms with Crippen molar-refractivity contribution < 1.29 is 23.9 Å². The van der Waals surface area contributed by atoms with Gasteiger partial charge in [0.1, 0.15) is 5.82 Å². The van der Waals surface area contributed by atoms with Gasteiger partial charge in [-0.05, 0) is 54.6 Å². The average molecular weight is 313 g/mol. The molecule has 116 valence electrons. The van der Waals surface area contributed by atoms with Crippen LogP contribution in [0.2, 0.25) is 0 Å². The summed E-state index contributed by atoms with van der Waals surface area (Å²) in [6.07, 6.45) is 1.71. The summed E-state index contributed by atoms with van der Waals surface area (Å²) in [5.74, 6) is -2.50. The van der Waals surface area contributed by atoms with E-state index < -0.39 is 23.5 Å². The molecule has 5 nitrogen and oxygen atoms in total. The number of allylic oxidation sites excluding steroid dienone is 1. The molecule has 2 aromatic rings. The van der Waals surface area contributed by atoms with Gasteiger partial charge in [-0.2, -0.15) is 0 Å². The first-order chi connectivity index (χ1) is 11.0. The number of aliphatic carboxylic acids is 1. The van der Waals surface area contributed by atoms with Gasteiger partial charge in [0.05, 0.1) is 0 Å². The number of carbonyl (C=O) groups is 3. The van der Waals surface area contributed by atoms with Crippen molar-refractivity contribution in [2.24, 2.45) is 0 Å². The normalized spacial score (nSPS) is 10.5. The Balaban J connectivity index is 2.05. The number of carboxylic acid groups (broad SMARTS) is 1. The third kappa shape index (κ3) is 4.60. The van der Waals surface area contributed by atoms with Crippen molar-refractivity contribution in [3.05, 3.63) is 77.6 Å². The van der Waals surface area contributed by atoms with Gasteiger partial charge in [-0.15, -0.1) is 0 Å². The van der Waals surface area contributed by atoms with Gasteiger partial charge in [-0.3, -0.25) is 9.59 Å². The summed E-state index contributed by atoms with van der Waals surface area (Å²) in [7, 11) is 0. The fourth-order valence-electron chi connectivity index (χ4n) is 1.77. The number of halogens is 1. The van der Waals surface area contributed by atoms with Crippen molar-refractivity contribution in [3.63, 3.8) is 0 Å². The zero-order chi connectivity index (χ0) is 16.8. The molecule has 2 aromatic carbocycles. The van der Waals surface area contributed by atoms with Crippen molar-refractivity contribution >= 4 is 23.3 Å². The number of carboxylic acids is 1. The van der Waals surface area contributed by atoms with Crippen molar-refractivity contribution in [3.8, 4) is 0 Å². The number of benzene rings is 2. The third-order valence-corrected chi connectivity index (χ3v) is 2.91. The number of anilines is 1. The minimum Gasteiger partial charge on any atom is -0.478 e. The number of carbonyl (C=O) groups excluding carboxylic acids is 2. The van der Waals surface area contributed by atoms with Crippen molar-refractivity contribution in [1.29, 1.82) is 0 Å². The van der Waals surface area contributed by atoms with Gasteiger partial charge < -0.3 is 10.4 Å². The van der Waals surface area contributed by atoms with Gasteiger partial charge in [-0.25, -0.2) is 9.18 Å². The molecule has 0 heterocycles. The van der Waals surface area contributed by atoms with Crippen LogP contribution in [-0.4, -0.2) is 22.8 Å². The predicted octanol–water partition coefficient (Wildman–Crippen LogP) is 2.90. The fraction of sp³-hybridized carbons (Fsp3) is 0.